The molecule has 1 aromatic carbocycles. The van der Waals surface area contributed by atoms with Crippen LogP contribution < -0.4 is 15.8 Å². The molecule has 1 atom stereocenters. The number of benzene rings is 1. The van der Waals surface area contributed by atoms with E-state index in [4.69, 9.17) is 21.0 Å². The summed E-state index contributed by atoms with van der Waals surface area (Å²) in [5.41, 5.74) is 6.89. The van der Waals surface area contributed by atoms with Crippen molar-refractivity contribution in [2.45, 2.75) is 12.8 Å². The van der Waals surface area contributed by atoms with E-state index < -0.39 is 5.85 Å². The first-order valence-electron chi connectivity index (χ1n) is 6.67. The summed E-state index contributed by atoms with van der Waals surface area (Å²) < 4.78 is 5.09. The quantitative estimate of drug-likeness (QED) is 0.699. The summed E-state index contributed by atoms with van der Waals surface area (Å²) in [6, 6.07) is 10.7. The first-order valence-corrected chi connectivity index (χ1v) is 6.67. The van der Waals surface area contributed by atoms with E-state index in [1.807, 2.05) is 6.07 Å². The summed E-state index contributed by atoms with van der Waals surface area (Å²) in [6.45, 7) is 1.60. The van der Waals surface area contributed by atoms with Crippen molar-refractivity contribution in [3.63, 3.8) is 0 Å². The largest absolute Gasteiger partial charge is 0.497 e. The predicted octanol–water partition coefficient (Wildman–Crippen LogP) is 1.01. The molecule has 2 rings (SSSR count). The zero-order valence-corrected chi connectivity index (χ0v) is 12.7. The van der Waals surface area contributed by atoms with Crippen LogP contribution in [-0.4, -0.2) is 23.8 Å². The van der Waals surface area contributed by atoms with Crippen molar-refractivity contribution in [1.29, 1.82) is 10.5 Å². The van der Waals surface area contributed by atoms with Gasteiger partial charge in [-0.1, -0.05) is 12.1 Å². The first kappa shape index (κ1) is 16.2. The first-order chi connectivity index (χ1) is 10.9. The van der Waals surface area contributed by atoms with Crippen molar-refractivity contribution < 1.29 is 9.84 Å². The van der Waals surface area contributed by atoms with E-state index in [0.717, 1.165) is 5.56 Å². The molecule has 1 aliphatic rings. The van der Waals surface area contributed by atoms with Crippen LogP contribution in [-0.2, 0) is 0 Å². The van der Waals surface area contributed by atoms with Gasteiger partial charge in [-0.3, -0.25) is 5.73 Å². The summed E-state index contributed by atoms with van der Waals surface area (Å²) in [5.74, 6) is -1.34. The van der Waals surface area contributed by atoms with Gasteiger partial charge in [0.1, 0.15) is 17.9 Å². The van der Waals surface area contributed by atoms with E-state index in [1.165, 1.54) is 0 Å². The lowest BCUT2D eigenvalue weighted by Crippen LogP contribution is -2.55. The number of nitriles is 2. The van der Waals surface area contributed by atoms with Crippen LogP contribution in [0.5, 0.6) is 5.75 Å². The molecule has 1 heterocycles. The van der Waals surface area contributed by atoms with Crippen molar-refractivity contribution >= 4 is 11.8 Å². The zero-order valence-electron chi connectivity index (χ0n) is 12.7. The molecule has 23 heavy (non-hydrogen) atoms. The van der Waals surface area contributed by atoms with Crippen LogP contribution in [0.3, 0.4) is 0 Å². The van der Waals surface area contributed by atoms with E-state index in [-0.39, 0.29) is 17.0 Å². The van der Waals surface area contributed by atoms with E-state index in [2.05, 4.69) is 10.3 Å². The second kappa shape index (κ2) is 6.32. The lowest BCUT2D eigenvalue weighted by atomic mass is 10.0. The summed E-state index contributed by atoms with van der Waals surface area (Å²) in [7, 11) is 1.57. The van der Waals surface area contributed by atoms with Gasteiger partial charge in [0.15, 0.2) is 11.4 Å². The fourth-order valence-corrected chi connectivity index (χ4v) is 2.12. The molecule has 0 radical (unpaired) electrons. The highest BCUT2D eigenvalue weighted by Crippen LogP contribution is 2.23. The second-order valence-electron chi connectivity index (χ2n) is 4.87. The van der Waals surface area contributed by atoms with Crippen molar-refractivity contribution in [3.05, 3.63) is 46.8 Å². The number of ether oxygens (including phenoxy) is 1. The number of hydrogen-bond acceptors (Lipinski definition) is 7. The fourth-order valence-electron chi connectivity index (χ4n) is 2.12. The molecule has 0 bridgehead atoms. The third-order valence-electron chi connectivity index (χ3n) is 3.28. The molecule has 0 fully saturated rings. The molecule has 7 nitrogen and oxygen atoms in total. The maximum Gasteiger partial charge on any atom is 0.220 e. The lowest BCUT2D eigenvalue weighted by molar-refractivity contribution is 0.0684. The SMILES string of the molecule is COc1ccc(C=C2C(C)=NC(C#N)=C(C#N)NC2(N)O)cc1. The number of hydrogen-bond donors (Lipinski definition) is 3. The molecular formula is C16H15N5O2. The molecule has 4 N–H and O–H groups in total. The Labute approximate surface area is 133 Å². The number of methoxy groups -OCH3 is 1. The number of nitrogens with zero attached hydrogens (tertiary/aromatic N) is 3. The third-order valence-corrected chi connectivity index (χ3v) is 3.28. The number of rotatable bonds is 2. The second-order valence-corrected chi connectivity index (χ2v) is 4.87. The van der Waals surface area contributed by atoms with Crippen molar-refractivity contribution in [2.24, 2.45) is 10.7 Å². The van der Waals surface area contributed by atoms with E-state index >= 15 is 0 Å². The van der Waals surface area contributed by atoms with Gasteiger partial charge in [-0.25, -0.2) is 4.99 Å². The van der Waals surface area contributed by atoms with Gasteiger partial charge in [0.2, 0.25) is 5.85 Å². The van der Waals surface area contributed by atoms with Gasteiger partial charge >= 0.3 is 0 Å². The van der Waals surface area contributed by atoms with Crippen LogP contribution in [0.15, 0.2) is 46.2 Å². The van der Waals surface area contributed by atoms with Gasteiger partial charge in [0.25, 0.3) is 0 Å². The standard InChI is InChI=1S/C16H15N5O2/c1-10-13(7-11-3-5-12(23-2)6-4-11)16(19,22)21-15(9-18)14(8-17)20-10/h3-7,21-22H,19H2,1-2H3. The Hall–Kier alpha value is -3.13. The van der Waals surface area contributed by atoms with Gasteiger partial charge in [-0.15, -0.1) is 0 Å². The number of nitrogens with one attached hydrogen (secondary N) is 1. The molecular weight excluding hydrogens is 294 g/mol. The van der Waals surface area contributed by atoms with Crippen LogP contribution in [0, 0.1) is 22.7 Å². The predicted molar refractivity (Wildman–Crippen MR) is 84.6 cm³/mol. The average Bonchev–Trinajstić information content (AvgIpc) is 2.64. The summed E-state index contributed by atoms with van der Waals surface area (Å²) in [5, 5.41) is 31.1. The normalized spacial score (nSPS) is 22.5. The average molecular weight is 309 g/mol. The molecule has 0 saturated carbocycles. The Balaban J connectivity index is 2.52. The van der Waals surface area contributed by atoms with Gasteiger partial charge < -0.3 is 15.2 Å². The van der Waals surface area contributed by atoms with E-state index in [9.17, 15) is 5.11 Å². The van der Waals surface area contributed by atoms with Gasteiger partial charge in [0.05, 0.1) is 7.11 Å². The highest BCUT2D eigenvalue weighted by Gasteiger charge is 2.33. The monoisotopic (exact) mass is 309 g/mol. The Morgan fingerprint density at radius 3 is 2.48 bits per heavy atom. The van der Waals surface area contributed by atoms with Gasteiger partial charge in [-0.05, 0) is 30.7 Å². The maximum atomic E-state index is 10.5. The topological polar surface area (TPSA) is 127 Å². The highest BCUT2D eigenvalue weighted by atomic mass is 16.5. The number of aliphatic hydroxyl groups is 1. The third kappa shape index (κ3) is 3.38. The minimum absolute atomic E-state index is 0.132. The van der Waals surface area contributed by atoms with E-state index in [1.54, 1.807) is 50.4 Å². The molecule has 0 amide bonds. The molecule has 0 spiro atoms. The lowest BCUT2D eigenvalue weighted by Gasteiger charge is -2.26. The van der Waals surface area contributed by atoms with Crippen LogP contribution in [0.1, 0.15) is 12.5 Å². The minimum atomic E-state index is -2.03. The summed E-state index contributed by atoms with van der Waals surface area (Å²) >= 11 is 0. The molecule has 1 aliphatic heterocycles. The van der Waals surface area contributed by atoms with Gasteiger partial charge in [-0.2, -0.15) is 10.5 Å². The van der Waals surface area contributed by atoms with Crippen LogP contribution >= 0.6 is 0 Å². The summed E-state index contributed by atoms with van der Waals surface area (Å²) in [6.07, 6.45) is 1.63. The molecule has 1 unspecified atom stereocenters. The maximum absolute atomic E-state index is 10.5. The molecule has 0 aromatic heterocycles. The van der Waals surface area contributed by atoms with Crippen molar-refractivity contribution in [1.82, 2.24) is 5.32 Å². The molecule has 7 heteroatoms. The molecule has 116 valence electrons. The van der Waals surface area contributed by atoms with Crippen LogP contribution in [0.2, 0.25) is 0 Å². The van der Waals surface area contributed by atoms with Crippen LogP contribution in [0.4, 0.5) is 0 Å². The fraction of sp³-hybridized carbons (Fsp3) is 0.188. The number of allylic oxidation sites excluding steroid dienone is 2. The minimum Gasteiger partial charge on any atom is -0.497 e. The molecule has 1 aromatic rings. The highest BCUT2D eigenvalue weighted by molar-refractivity contribution is 6.04. The Kier molecular flexibility index (Phi) is 4.47. The molecule has 0 saturated heterocycles. The van der Waals surface area contributed by atoms with E-state index in [0.29, 0.717) is 11.5 Å². The van der Waals surface area contributed by atoms with Crippen LogP contribution in [0.25, 0.3) is 6.08 Å². The number of aliphatic imine (C=N–C) groups is 1. The Bertz CT molecular complexity index is 789. The van der Waals surface area contributed by atoms with Crippen molar-refractivity contribution in [2.75, 3.05) is 7.11 Å². The molecule has 0 aliphatic carbocycles. The van der Waals surface area contributed by atoms with Crippen molar-refractivity contribution in [3.8, 4) is 17.9 Å². The Morgan fingerprint density at radius 2 is 1.96 bits per heavy atom. The number of nitrogens with two attached hydrogens (primary N) is 1. The van der Waals surface area contributed by atoms with Gasteiger partial charge in [0, 0.05) is 11.3 Å². The zero-order chi connectivity index (χ0) is 17.0. The summed E-state index contributed by atoms with van der Waals surface area (Å²) in [4.78, 5) is 4.07. The smallest absolute Gasteiger partial charge is 0.220 e. The Morgan fingerprint density at radius 1 is 1.30 bits per heavy atom.